The summed E-state index contributed by atoms with van der Waals surface area (Å²) in [6.45, 7) is -0.228. The van der Waals surface area contributed by atoms with E-state index in [-0.39, 0.29) is 12.1 Å². The normalized spacial score (nSPS) is 16.3. The van der Waals surface area contributed by atoms with Crippen molar-refractivity contribution in [1.29, 1.82) is 0 Å². The number of carbonyl (C=O) groups is 2. The number of rotatable bonds is 4. The maximum absolute atomic E-state index is 13.2. The zero-order valence-corrected chi connectivity index (χ0v) is 14.6. The quantitative estimate of drug-likeness (QED) is 0.866. The highest BCUT2D eigenvalue weighted by molar-refractivity contribution is 5.99. The van der Waals surface area contributed by atoms with Crippen molar-refractivity contribution in [2.24, 2.45) is 0 Å². The zero-order chi connectivity index (χ0) is 18.9. The molecule has 27 heavy (non-hydrogen) atoms. The predicted molar refractivity (Wildman–Crippen MR) is 96.3 cm³/mol. The second-order valence-corrected chi connectivity index (χ2v) is 6.72. The van der Waals surface area contributed by atoms with Gasteiger partial charge in [-0.2, -0.15) is 0 Å². The highest BCUT2D eigenvalue weighted by Gasteiger charge is 2.44. The third-order valence-electron chi connectivity index (χ3n) is 4.68. The van der Waals surface area contributed by atoms with Crippen LogP contribution in [0.25, 0.3) is 0 Å². The van der Waals surface area contributed by atoms with Crippen molar-refractivity contribution in [2.45, 2.75) is 31.5 Å². The summed E-state index contributed by atoms with van der Waals surface area (Å²) in [7, 11) is 0. The van der Waals surface area contributed by atoms with Gasteiger partial charge < -0.3 is 20.1 Å². The number of amides is 2. The lowest BCUT2D eigenvalue weighted by Gasteiger charge is -2.21. The summed E-state index contributed by atoms with van der Waals surface area (Å²) >= 11 is 0. The number of carbonyl (C=O) groups excluding carboxylic acids is 2. The third-order valence-corrected chi connectivity index (χ3v) is 4.68. The monoisotopic (exact) mass is 370 g/mol. The van der Waals surface area contributed by atoms with Crippen LogP contribution in [0, 0.1) is 5.82 Å². The molecule has 2 aromatic rings. The number of anilines is 1. The van der Waals surface area contributed by atoms with E-state index in [2.05, 4.69) is 10.6 Å². The molecule has 4 rings (SSSR count). The smallest absolute Gasteiger partial charge is 0.251 e. The molecule has 6 nitrogen and oxygen atoms in total. The van der Waals surface area contributed by atoms with E-state index >= 15 is 0 Å². The Morgan fingerprint density at radius 1 is 1.04 bits per heavy atom. The van der Waals surface area contributed by atoms with E-state index in [1.807, 2.05) is 0 Å². The molecule has 2 aliphatic rings. The molecule has 0 aromatic heterocycles. The Morgan fingerprint density at radius 3 is 2.59 bits per heavy atom. The van der Waals surface area contributed by atoms with Crippen LogP contribution in [0.3, 0.4) is 0 Å². The lowest BCUT2D eigenvalue weighted by molar-refractivity contribution is -0.115. The SMILES string of the molecule is O=C(CNC(=O)c1cccc(F)c1)Nc1ccc2c(c1)OC1(CCCC1)O2. The molecule has 0 bridgehead atoms. The van der Waals surface area contributed by atoms with E-state index in [0.717, 1.165) is 31.7 Å². The second kappa shape index (κ2) is 6.90. The Morgan fingerprint density at radius 2 is 1.81 bits per heavy atom. The Balaban J connectivity index is 1.33. The molecule has 140 valence electrons. The standard InChI is InChI=1S/C20H19FN2O4/c21-14-5-3-4-13(10-14)19(25)22-12-18(24)23-15-6-7-16-17(11-15)27-20(26-16)8-1-2-9-20/h3-7,10-11H,1-2,8-9,12H2,(H,22,25)(H,23,24). The molecule has 0 radical (unpaired) electrons. The number of halogens is 1. The molecule has 2 amide bonds. The molecule has 1 spiro atoms. The van der Waals surface area contributed by atoms with Gasteiger partial charge in [0.2, 0.25) is 5.91 Å². The van der Waals surface area contributed by atoms with Gasteiger partial charge in [-0.25, -0.2) is 4.39 Å². The fourth-order valence-corrected chi connectivity index (χ4v) is 3.39. The van der Waals surface area contributed by atoms with Crippen LogP contribution in [0.1, 0.15) is 36.0 Å². The number of nitrogens with one attached hydrogen (secondary N) is 2. The van der Waals surface area contributed by atoms with Crippen molar-refractivity contribution in [2.75, 3.05) is 11.9 Å². The van der Waals surface area contributed by atoms with Gasteiger partial charge in [-0.15, -0.1) is 0 Å². The second-order valence-electron chi connectivity index (χ2n) is 6.72. The molecule has 1 aliphatic heterocycles. The van der Waals surface area contributed by atoms with Crippen molar-refractivity contribution >= 4 is 17.5 Å². The van der Waals surface area contributed by atoms with Gasteiger partial charge in [-0.3, -0.25) is 9.59 Å². The van der Waals surface area contributed by atoms with E-state index < -0.39 is 23.4 Å². The summed E-state index contributed by atoms with van der Waals surface area (Å²) in [6.07, 6.45) is 3.86. The minimum absolute atomic E-state index is 0.160. The van der Waals surface area contributed by atoms with Crippen molar-refractivity contribution < 1.29 is 23.5 Å². The van der Waals surface area contributed by atoms with E-state index in [1.54, 1.807) is 18.2 Å². The zero-order valence-electron chi connectivity index (χ0n) is 14.6. The van der Waals surface area contributed by atoms with Gasteiger partial charge in [0.1, 0.15) is 5.82 Å². The summed E-state index contributed by atoms with van der Waals surface area (Å²) in [5, 5.41) is 5.17. The van der Waals surface area contributed by atoms with E-state index in [1.165, 1.54) is 18.2 Å². The predicted octanol–water partition coefficient (Wildman–Crippen LogP) is 3.24. The van der Waals surface area contributed by atoms with Crippen LogP contribution in [0.15, 0.2) is 42.5 Å². The molecule has 1 aliphatic carbocycles. The number of benzene rings is 2. The lowest BCUT2D eigenvalue weighted by Crippen LogP contribution is -2.34. The first-order valence-corrected chi connectivity index (χ1v) is 8.89. The molecule has 7 heteroatoms. The van der Waals surface area contributed by atoms with Crippen LogP contribution in [-0.4, -0.2) is 24.1 Å². The van der Waals surface area contributed by atoms with Gasteiger partial charge >= 0.3 is 0 Å². The molecule has 2 N–H and O–H groups in total. The Kier molecular flexibility index (Phi) is 4.43. The van der Waals surface area contributed by atoms with E-state index in [0.29, 0.717) is 17.2 Å². The molecule has 2 aromatic carbocycles. The van der Waals surface area contributed by atoms with Gasteiger partial charge in [-0.1, -0.05) is 6.07 Å². The molecule has 1 heterocycles. The van der Waals surface area contributed by atoms with Crippen LogP contribution in [0.5, 0.6) is 11.5 Å². The van der Waals surface area contributed by atoms with Crippen LogP contribution in [0.2, 0.25) is 0 Å². The van der Waals surface area contributed by atoms with Crippen molar-refractivity contribution in [1.82, 2.24) is 5.32 Å². The van der Waals surface area contributed by atoms with Gasteiger partial charge in [0.05, 0.1) is 6.54 Å². The highest BCUT2D eigenvalue weighted by atomic mass is 19.1. The molecule has 0 unspecified atom stereocenters. The summed E-state index contributed by atoms with van der Waals surface area (Å²) in [6, 6.07) is 10.5. The Hall–Kier alpha value is -3.09. The average molecular weight is 370 g/mol. The molecular weight excluding hydrogens is 351 g/mol. The van der Waals surface area contributed by atoms with Gasteiger partial charge in [0, 0.05) is 30.2 Å². The van der Waals surface area contributed by atoms with Crippen LogP contribution in [0.4, 0.5) is 10.1 Å². The third kappa shape index (κ3) is 3.72. The average Bonchev–Trinajstić information content (AvgIpc) is 3.25. The molecular formula is C20H19FN2O4. The van der Waals surface area contributed by atoms with Gasteiger partial charge in [-0.05, 0) is 43.2 Å². The largest absolute Gasteiger partial charge is 0.448 e. The molecule has 0 saturated heterocycles. The van der Waals surface area contributed by atoms with Crippen molar-refractivity contribution in [3.8, 4) is 11.5 Å². The minimum atomic E-state index is -0.552. The summed E-state index contributed by atoms with van der Waals surface area (Å²) in [4.78, 5) is 24.0. The first-order chi connectivity index (χ1) is 13.0. The van der Waals surface area contributed by atoms with Crippen LogP contribution >= 0.6 is 0 Å². The number of hydrogen-bond acceptors (Lipinski definition) is 4. The number of hydrogen-bond donors (Lipinski definition) is 2. The molecule has 1 fully saturated rings. The Bertz CT molecular complexity index is 893. The van der Waals surface area contributed by atoms with Gasteiger partial charge in [0.25, 0.3) is 11.7 Å². The van der Waals surface area contributed by atoms with E-state index in [4.69, 9.17) is 9.47 Å². The van der Waals surface area contributed by atoms with E-state index in [9.17, 15) is 14.0 Å². The maximum atomic E-state index is 13.2. The lowest BCUT2D eigenvalue weighted by atomic mass is 10.2. The fraction of sp³-hybridized carbons (Fsp3) is 0.300. The van der Waals surface area contributed by atoms with Gasteiger partial charge in [0.15, 0.2) is 11.5 Å². The van der Waals surface area contributed by atoms with Crippen LogP contribution in [-0.2, 0) is 4.79 Å². The fourth-order valence-electron chi connectivity index (χ4n) is 3.39. The first kappa shape index (κ1) is 17.3. The first-order valence-electron chi connectivity index (χ1n) is 8.89. The summed E-state index contributed by atoms with van der Waals surface area (Å²) in [5.74, 6) is -0.683. The minimum Gasteiger partial charge on any atom is -0.448 e. The highest BCUT2D eigenvalue weighted by Crippen LogP contribution is 2.47. The van der Waals surface area contributed by atoms with Crippen LogP contribution < -0.4 is 20.1 Å². The summed E-state index contributed by atoms with van der Waals surface area (Å²) in [5.41, 5.74) is 0.713. The van der Waals surface area contributed by atoms with Crippen molar-refractivity contribution in [3.63, 3.8) is 0 Å². The molecule has 1 saturated carbocycles. The topological polar surface area (TPSA) is 76.7 Å². The van der Waals surface area contributed by atoms with Crippen molar-refractivity contribution in [3.05, 3.63) is 53.8 Å². The Labute approximate surface area is 155 Å². The number of fused-ring (bicyclic) bond motifs is 1. The molecule has 0 atom stereocenters. The maximum Gasteiger partial charge on any atom is 0.251 e. The summed E-state index contributed by atoms with van der Waals surface area (Å²) < 4.78 is 25.0. The number of ether oxygens (including phenoxy) is 2.